The minimum atomic E-state index is -0.405. The molecule has 0 radical (unpaired) electrons. The van der Waals surface area contributed by atoms with E-state index in [1.54, 1.807) is 23.9 Å². The van der Waals surface area contributed by atoms with Crippen molar-refractivity contribution in [3.63, 3.8) is 0 Å². The molecular weight excluding hydrogens is 288 g/mol. The maximum absolute atomic E-state index is 12.1. The van der Waals surface area contributed by atoms with Crippen molar-refractivity contribution >= 4 is 23.4 Å². The number of rotatable bonds is 5. The van der Waals surface area contributed by atoms with E-state index < -0.39 is 4.92 Å². The largest absolute Gasteiger partial charge is 0.342 e. The van der Waals surface area contributed by atoms with E-state index in [0.717, 1.165) is 37.4 Å². The zero-order chi connectivity index (χ0) is 15.2. The number of carbonyl (C=O) groups excluding carboxylic acids is 1. The van der Waals surface area contributed by atoms with Gasteiger partial charge in [0.25, 0.3) is 5.69 Å². The second-order valence-electron chi connectivity index (χ2n) is 5.48. The SMILES string of the molecule is CC1CCN(C(=O)CSCc2ccc([N+](=O)[O-])cc2)CC1. The fraction of sp³-hybridized carbons (Fsp3) is 0.533. The van der Waals surface area contributed by atoms with E-state index >= 15 is 0 Å². The third kappa shape index (κ3) is 4.74. The normalized spacial score (nSPS) is 16.0. The Morgan fingerprint density at radius 1 is 1.33 bits per heavy atom. The molecule has 0 atom stereocenters. The van der Waals surface area contributed by atoms with Crippen molar-refractivity contribution in [3.05, 3.63) is 39.9 Å². The lowest BCUT2D eigenvalue weighted by Gasteiger charge is -2.30. The highest BCUT2D eigenvalue weighted by molar-refractivity contribution is 7.99. The van der Waals surface area contributed by atoms with Crippen LogP contribution in [-0.4, -0.2) is 34.6 Å². The molecule has 21 heavy (non-hydrogen) atoms. The Balaban J connectivity index is 1.73. The Hall–Kier alpha value is -1.56. The van der Waals surface area contributed by atoms with Crippen molar-refractivity contribution in [2.75, 3.05) is 18.8 Å². The molecule has 5 nitrogen and oxygen atoms in total. The van der Waals surface area contributed by atoms with E-state index in [9.17, 15) is 14.9 Å². The number of hydrogen-bond acceptors (Lipinski definition) is 4. The molecular formula is C15H20N2O3S. The molecule has 0 unspecified atom stereocenters. The van der Waals surface area contributed by atoms with Crippen LogP contribution in [0.15, 0.2) is 24.3 Å². The van der Waals surface area contributed by atoms with Crippen LogP contribution in [0, 0.1) is 16.0 Å². The standard InChI is InChI=1S/C15H20N2O3S/c1-12-6-8-16(9-7-12)15(18)11-21-10-13-2-4-14(5-3-13)17(19)20/h2-5,12H,6-11H2,1H3. The summed E-state index contributed by atoms with van der Waals surface area (Å²) in [5, 5.41) is 10.6. The lowest BCUT2D eigenvalue weighted by molar-refractivity contribution is -0.384. The van der Waals surface area contributed by atoms with Crippen molar-refractivity contribution in [3.8, 4) is 0 Å². The number of nitro groups is 1. The first-order valence-corrected chi connectivity index (χ1v) is 8.30. The van der Waals surface area contributed by atoms with Gasteiger partial charge in [0.15, 0.2) is 0 Å². The van der Waals surface area contributed by atoms with Crippen LogP contribution in [0.1, 0.15) is 25.3 Å². The molecule has 1 fully saturated rings. The summed E-state index contributed by atoms with van der Waals surface area (Å²) in [5.74, 6) is 2.11. The predicted octanol–water partition coefficient (Wildman–Crippen LogP) is 3.09. The maximum atomic E-state index is 12.1. The number of non-ortho nitro benzene ring substituents is 1. The van der Waals surface area contributed by atoms with Crippen molar-refractivity contribution < 1.29 is 9.72 Å². The van der Waals surface area contributed by atoms with Crippen LogP contribution < -0.4 is 0 Å². The summed E-state index contributed by atoms with van der Waals surface area (Å²) < 4.78 is 0. The monoisotopic (exact) mass is 308 g/mol. The van der Waals surface area contributed by atoms with Gasteiger partial charge in [-0.25, -0.2) is 0 Å². The molecule has 0 spiro atoms. The molecule has 1 aliphatic rings. The molecule has 6 heteroatoms. The number of carbonyl (C=O) groups is 1. The van der Waals surface area contributed by atoms with Gasteiger partial charge >= 0.3 is 0 Å². The summed E-state index contributed by atoms with van der Waals surface area (Å²) >= 11 is 1.56. The molecule has 0 saturated carbocycles. The van der Waals surface area contributed by atoms with Crippen LogP contribution in [0.3, 0.4) is 0 Å². The summed E-state index contributed by atoms with van der Waals surface area (Å²) in [5.41, 5.74) is 1.10. The first-order valence-electron chi connectivity index (χ1n) is 7.15. The quantitative estimate of drug-likeness (QED) is 0.619. The number of likely N-dealkylation sites (tertiary alicyclic amines) is 1. The van der Waals surface area contributed by atoms with Crippen LogP contribution >= 0.6 is 11.8 Å². The molecule has 1 saturated heterocycles. The number of nitro benzene ring substituents is 1. The van der Waals surface area contributed by atoms with E-state index in [4.69, 9.17) is 0 Å². The van der Waals surface area contributed by atoms with Crippen LogP contribution in [0.2, 0.25) is 0 Å². The average molecular weight is 308 g/mol. The van der Waals surface area contributed by atoms with E-state index in [2.05, 4.69) is 6.92 Å². The molecule has 114 valence electrons. The van der Waals surface area contributed by atoms with Gasteiger partial charge in [-0.05, 0) is 24.3 Å². The Kier molecular flexibility index (Phi) is 5.61. The van der Waals surface area contributed by atoms with Crippen LogP contribution in [0.25, 0.3) is 0 Å². The van der Waals surface area contributed by atoms with Gasteiger partial charge in [-0.1, -0.05) is 19.1 Å². The molecule has 0 N–H and O–H groups in total. The molecule has 2 rings (SSSR count). The van der Waals surface area contributed by atoms with E-state index in [1.165, 1.54) is 12.1 Å². The highest BCUT2D eigenvalue weighted by Crippen LogP contribution is 2.19. The van der Waals surface area contributed by atoms with Crippen molar-refractivity contribution in [1.29, 1.82) is 0 Å². The van der Waals surface area contributed by atoms with Crippen molar-refractivity contribution in [1.82, 2.24) is 4.90 Å². The molecule has 1 amide bonds. The van der Waals surface area contributed by atoms with Crippen LogP contribution in [0.5, 0.6) is 0 Å². The minimum Gasteiger partial charge on any atom is -0.342 e. The van der Waals surface area contributed by atoms with E-state index in [0.29, 0.717) is 11.5 Å². The van der Waals surface area contributed by atoms with Gasteiger partial charge in [-0.3, -0.25) is 14.9 Å². The summed E-state index contributed by atoms with van der Waals surface area (Å²) in [6.07, 6.45) is 2.19. The molecule has 0 bridgehead atoms. The number of nitrogens with zero attached hydrogens (tertiary/aromatic N) is 2. The van der Waals surface area contributed by atoms with Gasteiger partial charge in [-0.2, -0.15) is 0 Å². The molecule has 0 aliphatic carbocycles. The number of piperidine rings is 1. The van der Waals surface area contributed by atoms with Crippen LogP contribution in [0.4, 0.5) is 5.69 Å². The maximum Gasteiger partial charge on any atom is 0.269 e. The first kappa shape index (κ1) is 15.8. The number of hydrogen-bond donors (Lipinski definition) is 0. The Labute approximate surface area is 128 Å². The summed E-state index contributed by atoms with van der Waals surface area (Å²) in [7, 11) is 0. The highest BCUT2D eigenvalue weighted by Gasteiger charge is 2.19. The fourth-order valence-electron chi connectivity index (χ4n) is 2.32. The lowest BCUT2D eigenvalue weighted by atomic mass is 9.99. The summed E-state index contributed by atoms with van der Waals surface area (Å²) in [6.45, 7) is 3.97. The zero-order valence-electron chi connectivity index (χ0n) is 12.2. The number of amides is 1. The smallest absolute Gasteiger partial charge is 0.269 e. The first-order chi connectivity index (χ1) is 10.1. The van der Waals surface area contributed by atoms with Gasteiger partial charge < -0.3 is 4.90 Å². The third-order valence-electron chi connectivity index (χ3n) is 3.78. The van der Waals surface area contributed by atoms with E-state index in [-0.39, 0.29) is 11.6 Å². The van der Waals surface area contributed by atoms with Gasteiger partial charge in [-0.15, -0.1) is 11.8 Å². The second-order valence-corrected chi connectivity index (χ2v) is 6.47. The van der Waals surface area contributed by atoms with Gasteiger partial charge in [0.2, 0.25) is 5.91 Å². The summed E-state index contributed by atoms with van der Waals surface area (Å²) in [4.78, 5) is 24.2. The van der Waals surface area contributed by atoms with E-state index in [1.807, 2.05) is 4.90 Å². The predicted molar refractivity (Wildman–Crippen MR) is 84.2 cm³/mol. The van der Waals surface area contributed by atoms with Gasteiger partial charge in [0.1, 0.15) is 0 Å². The second kappa shape index (κ2) is 7.45. The number of benzene rings is 1. The molecule has 1 aliphatic heterocycles. The third-order valence-corrected chi connectivity index (χ3v) is 4.77. The Morgan fingerprint density at radius 3 is 2.52 bits per heavy atom. The van der Waals surface area contributed by atoms with Crippen LogP contribution in [-0.2, 0) is 10.5 Å². The molecule has 1 aromatic carbocycles. The summed E-state index contributed by atoms with van der Waals surface area (Å²) in [6, 6.07) is 6.50. The molecule has 1 aromatic rings. The van der Waals surface area contributed by atoms with Crippen molar-refractivity contribution in [2.24, 2.45) is 5.92 Å². The molecule has 1 heterocycles. The highest BCUT2D eigenvalue weighted by atomic mass is 32.2. The Morgan fingerprint density at radius 2 is 1.95 bits per heavy atom. The van der Waals surface area contributed by atoms with Crippen molar-refractivity contribution in [2.45, 2.75) is 25.5 Å². The minimum absolute atomic E-state index is 0.0993. The number of thioether (sulfide) groups is 1. The molecule has 0 aromatic heterocycles. The topological polar surface area (TPSA) is 63.5 Å². The lowest BCUT2D eigenvalue weighted by Crippen LogP contribution is -2.38. The Bertz CT molecular complexity index is 496. The zero-order valence-corrected chi connectivity index (χ0v) is 13.0. The fourth-order valence-corrected chi connectivity index (χ4v) is 3.21. The average Bonchev–Trinajstić information content (AvgIpc) is 2.48. The van der Waals surface area contributed by atoms with Gasteiger partial charge in [0.05, 0.1) is 10.7 Å². The van der Waals surface area contributed by atoms with Gasteiger partial charge in [0, 0.05) is 31.0 Å².